The molecule has 0 aliphatic rings. The number of rotatable bonds is 4. The Kier molecular flexibility index (Phi) is 6.12. The Hall–Kier alpha value is -2.11. The molecule has 5 heteroatoms. The SMILES string of the molecule is CC(=Nc1cccc(Br)c1)c1cccc(C(C)=Nc2cccc(Br)c2)n1. The number of aromatic nitrogens is 1. The molecule has 0 unspecified atom stereocenters. The zero-order chi connectivity index (χ0) is 18.5. The van der Waals surface area contributed by atoms with E-state index in [1.54, 1.807) is 0 Å². The van der Waals surface area contributed by atoms with Gasteiger partial charge in [0.25, 0.3) is 0 Å². The molecule has 0 saturated carbocycles. The average molecular weight is 471 g/mol. The van der Waals surface area contributed by atoms with Crippen molar-refractivity contribution in [1.29, 1.82) is 0 Å². The van der Waals surface area contributed by atoms with E-state index in [9.17, 15) is 0 Å². The fraction of sp³-hybridized carbons (Fsp3) is 0.0952. The Bertz CT molecular complexity index is 917. The lowest BCUT2D eigenvalue weighted by molar-refractivity contribution is 1.24. The lowest BCUT2D eigenvalue weighted by atomic mass is 10.2. The number of pyridine rings is 1. The molecule has 0 fully saturated rings. The van der Waals surface area contributed by atoms with E-state index in [1.807, 2.05) is 80.6 Å². The molecular formula is C21H17Br2N3. The second kappa shape index (κ2) is 8.52. The van der Waals surface area contributed by atoms with E-state index in [2.05, 4.69) is 41.8 Å². The molecule has 0 aliphatic carbocycles. The van der Waals surface area contributed by atoms with E-state index in [0.29, 0.717) is 0 Å². The summed E-state index contributed by atoms with van der Waals surface area (Å²) in [6, 6.07) is 21.7. The molecule has 130 valence electrons. The standard InChI is InChI=1S/C21H17Br2N3/c1-14(24-18-8-3-6-16(22)12-18)20-10-5-11-21(26-20)15(2)25-19-9-4-7-17(23)13-19/h3-13H,1-2H3. The Morgan fingerprint density at radius 2 is 1.12 bits per heavy atom. The molecule has 0 saturated heterocycles. The van der Waals surface area contributed by atoms with Gasteiger partial charge < -0.3 is 0 Å². The number of nitrogens with zero attached hydrogens (tertiary/aromatic N) is 3. The van der Waals surface area contributed by atoms with E-state index in [4.69, 9.17) is 4.98 Å². The van der Waals surface area contributed by atoms with Crippen LogP contribution < -0.4 is 0 Å². The van der Waals surface area contributed by atoms with Crippen molar-refractivity contribution < 1.29 is 0 Å². The molecule has 1 aromatic heterocycles. The fourth-order valence-electron chi connectivity index (χ4n) is 2.43. The first-order chi connectivity index (χ1) is 12.5. The summed E-state index contributed by atoms with van der Waals surface area (Å²) in [5, 5.41) is 0. The third-order valence-corrected chi connectivity index (χ3v) is 4.69. The lowest BCUT2D eigenvalue weighted by Gasteiger charge is -2.05. The van der Waals surface area contributed by atoms with Crippen molar-refractivity contribution in [3.05, 3.63) is 87.1 Å². The van der Waals surface area contributed by atoms with Crippen LogP contribution in [0.1, 0.15) is 25.2 Å². The summed E-state index contributed by atoms with van der Waals surface area (Å²) in [6.07, 6.45) is 0. The van der Waals surface area contributed by atoms with Gasteiger partial charge in [-0.05, 0) is 62.4 Å². The Balaban J connectivity index is 1.90. The van der Waals surface area contributed by atoms with E-state index >= 15 is 0 Å². The van der Waals surface area contributed by atoms with E-state index in [-0.39, 0.29) is 0 Å². The predicted molar refractivity (Wildman–Crippen MR) is 116 cm³/mol. The highest BCUT2D eigenvalue weighted by Crippen LogP contribution is 2.21. The number of benzene rings is 2. The predicted octanol–water partition coefficient (Wildman–Crippen LogP) is 6.89. The lowest BCUT2D eigenvalue weighted by Crippen LogP contribution is -2.04. The smallest absolute Gasteiger partial charge is 0.0849 e. The van der Waals surface area contributed by atoms with Crippen molar-refractivity contribution in [2.45, 2.75) is 13.8 Å². The molecule has 1 heterocycles. The highest BCUT2D eigenvalue weighted by Gasteiger charge is 2.05. The summed E-state index contributed by atoms with van der Waals surface area (Å²) >= 11 is 6.94. The number of halogens is 2. The average Bonchev–Trinajstić information content (AvgIpc) is 2.62. The summed E-state index contributed by atoms with van der Waals surface area (Å²) < 4.78 is 2.01. The highest BCUT2D eigenvalue weighted by molar-refractivity contribution is 9.10. The second-order valence-corrected chi connectivity index (χ2v) is 7.59. The zero-order valence-electron chi connectivity index (χ0n) is 14.4. The number of hydrogen-bond acceptors (Lipinski definition) is 3. The van der Waals surface area contributed by atoms with Gasteiger partial charge in [0.05, 0.1) is 34.2 Å². The molecule has 0 spiro atoms. The minimum atomic E-state index is 0.839. The Morgan fingerprint density at radius 3 is 1.54 bits per heavy atom. The summed E-state index contributed by atoms with van der Waals surface area (Å²) in [7, 11) is 0. The van der Waals surface area contributed by atoms with Gasteiger partial charge in [0.15, 0.2) is 0 Å². The van der Waals surface area contributed by atoms with Crippen molar-refractivity contribution in [2.75, 3.05) is 0 Å². The molecule has 0 N–H and O–H groups in total. The van der Waals surface area contributed by atoms with Crippen LogP contribution in [0.5, 0.6) is 0 Å². The van der Waals surface area contributed by atoms with Crippen molar-refractivity contribution in [3.8, 4) is 0 Å². The molecule has 2 aromatic carbocycles. The first-order valence-electron chi connectivity index (χ1n) is 8.11. The van der Waals surface area contributed by atoms with Crippen LogP contribution in [0.25, 0.3) is 0 Å². The summed E-state index contributed by atoms with van der Waals surface area (Å²) in [5.41, 5.74) is 5.19. The summed E-state index contributed by atoms with van der Waals surface area (Å²) in [4.78, 5) is 14.1. The molecule has 26 heavy (non-hydrogen) atoms. The molecule has 3 rings (SSSR count). The maximum Gasteiger partial charge on any atom is 0.0849 e. The molecule has 3 nitrogen and oxygen atoms in total. The third-order valence-electron chi connectivity index (χ3n) is 3.70. The van der Waals surface area contributed by atoms with Crippen molar-refractivity contribution >= 4 is 54.7 Å². The normalized spacial score (nSPS) is 12.3. The number of hydrogen-bond donors (Lipinski definition) is 0. The first kappa shape index (κ1) is 18.7. The van der Waals surface area contributed by atoms with Crippen molar-refractivity contribution in [2.24, 2.45) is 9.98 Å². The Morgan fingerprint density at radius 1 is 0.692 bits per heavy atom. The fourth-order valence-corrected chi connectivity index (χ4v) is 3.21. The van der Waals surface area contributed by atoms with Gasteiger partial charge in [-0.25, -0.2) is 4.98 Å². The zero-order valence-corrected chi connectivity index (χ0v) is 17.6. The van der Waals surface area contributed by atoms with Crippen LogP contribution in [-0.2, 0) is 0 Å². The molecule has 0 amide bonds. The third kappa shape index (κ3) is 4.96. The Labute approximate surface area is 170 Å². The van der Waals surface area contributed by atoms with Gasteiger partial charge in [0.1, 0.15) is 0 Å². The molecule has 0 bridgehead atoms. The minimum absolute atomic E-state index is 0.839. The van der Waals surface area contributed by atoms with Crippen LogP contribution in [0.2, 0.25) is 0 Å². The van der Waals surface area contributed by atoms with Gasteiger partial charge in [0, 0.05) is 8.95 Å². The molecule has 3 aromatic rings. The van der Waals surface area contributed by atoms with Gasteiger partial charge in [0.2, 0.25) is 0 Å². The van der Waals surface area contributed by atoms with Gasteiger partial charge in [-0.15, -0.1) is 0 Å². The van der Waals surface area contributed by atoms with Gasteiger partial charge in [-0.2, -0.15) is 0 Å². The largest absolute Gasteiger partial charge is 0.251 e. The van der Waals surface area contributed by atoms with Crippen molar-refractivity contribution in [1.82, 2.24) is 4.98 Å². The van der Waals surface area contributed by atoms with Crippen LogP contribution in [0, 0.1) is 0 Å². The first-order valence-corrected chi connectivity index (χ1v) is 9.69. The topological polar surface area (TPSA) is 37.6 Å². The van der Waals surface area contributed by atoms with Crippen LogP contribution in [-0.4, -0.2) is 16.4 Å². The van der Waals surface area contributed by atoms with Crippen LogP contribution >= 0.6 is 31.9 Å². The molecule has 0 radical (unpaired) electrons. The van der Waals surface area contributed by atoms with Crippen molar-refractivity contribution in [3.63, 3.8) is 0 Å². The maximum atomic E-state index is 4.72. The second-order valence-electron chi connectivity index (χ2n) is 5.76. The van der Waals surface area contributed by atoms with Crippen LogP contribution in [0.3, 0.4) is 0 Å². The van der Waals surface area contributed by atoms with Gasteiger partial charge >= 0.3 is 0 Å². The van der Waals surface area contributed by atoms with E-state index in [1.165, 1.54) is 0 Å². The molecular weight excluding hydrogens is 454 g/mol. The minimum Gasteiger partial charge on any atom is -0.251 e. The maximum absolute atomic E-state index is 4.72. The monoisotopic (exact) mass is 469 g/mol. The van der Waals surface area contributed by atoms with Gasteiger partial charge in [-0.1, -0.05) is 50.1 Å². The molecule has 0 atom stereocenters. The molecule has 0 aliphatic heterocycles. The van der Waals surface area contributed by atoms with Crippen LogP contribution in [0.15, 0.2) is 85.7 Å². The highest BCUT2D eigenvalue weighted by atomic mass is 79.9. The quantitative estimate of drug-likeness (QED) is 0.382. The van der Waals surface area contributed by atoms with Gasteiger partial charge in [-0.3, -0.25) is 9.98 Å². The van der Waals surface area contributed by atoms with Crippen LogP contribution in [0.4, 0.5) is 11.4 Å². The number of aliphatic imine (C=N–C) groups is 2. The summed E-state index contributed by atoms with van der Waals surface area (Å²) in [6.45, 7) is 3.93. The van der Waals surface area contributed by atoms with E-state index in [0.717, 1.165) is 43.1 Å². The van der Waals surface area contributed by atoms with E-state index < -0.39 is 0 Å². The summed E-state index contributed by atoms with van der Waals surface area (Å²) in [5.74, 6) is 0.